The first-order chi connectivity index (χ1) is 14.2. The summed E-state index contributed by atoms with van der Waals surface area (Å²) in [4.78, 5) is 26.7. The number of hydrogen-bond acceptors (Lipinski definition) is 7. The number of ether oxygens (including phenoxy) is 1. The van der Waals surface area contributed by atoms with Crippen molar-refractivity contribution in [1.29, 1.82) is 0 Å². The fourth-order valence-corrected chi connectivity index (χ4v) is 5.37. The number of amides is 1. The topological polar surface area (TPSA) is 58.0 Å². The van der Waals surface area contributed by atoms with Crippen LogP contribution in [0, 0.1) is 0 Å². The summed E-state index contributed by atoms with van der Waals surface area (Å²) in [6.07, 6.45) is 0. The molecule has 1 amide bonds. The van der Waals surface area contributed by atoms with Crippen molar-refractivity contribution in [1.82, 2.24) is 9.88 Å². The fourth-order valence-electron chi connectivity index (χ4n) is 3.40. The minimum Gasteiger partial charge on any atom is -0.437 e. The number of para-hydroxylation sites is 3. The lowest BCUT2D eigenvalue weighted by molar-refractivity contribution is -0.122. The van der Waals surface area contributed by atoms with Crippen LogP contribution in [0.25, 0.3) is 10.2 Å². The molecular weight excluding hydrogens is 404 g/mol. The van der Waals surface area contributed by atoms with E-state index in [2.05, 4.69) is 4.98 Å². The number of anilines is 1. The number of benzene rings is 2. The number of hydrogen-bond donors (Lipinski definition) is 0. The third-order valence-electron chi connectivity index (χ3n) is 4.77. The van der Waals surface area contributed by atoms with E-state index in [1.807, 2.05) is 67.3 Å². The quantitative estimate of drug-likeness (QED) is 0.558. The van der Waals surface area contributed by atoms with E-state index >= 15 is 0 Å². The van der Waals surface area contributed by atoms with Crippen LogP contribution in [0.3, 0.4) is 0 Å². The standard InChI is InChI=1S/C21H18N4O2S2/c1-3-24-14-10-6-7-11-15(14)27-19(24)17-18(26)25(4-2)21(29-17)23-20-22-13-9-5-8-12-16(13)28-20/h5-12H,3-4H2,1-2H3/b19-17-,23-21?. The molecule has 0 unspecified atom stereocenters. The van der Waals surface area contributed by atoms with Crippen LogP contribution in [0.1, 0.15) is 13.8 Å². The number of nitrogens with zero attached hydrogens (tertiary/aromatic N) is 4. The molecule has 5 rings (SSSR count). The number of aliphatic imine (C=N–C) groups is 1. The second kappa shape index (κ2) is 7.20. The molecule has 0 spiro atoms. The number of carbonyl (C=O) groups is 1. The summed E-state index contributed by atoms with van der Waals surface area (Å²) in [5, 5.41) is 1.28. The number of amidine groups is 1. The molecule has 2 aromatic carbocycles. The highest BCUT2D eigenvalue weighted by molar-refractivity contribution is 8.18. The SMILES string of the molecule is CCN1C(=O)/C(=C2/Oc3ccccc3N2CC)SC1=Nc1nc2ccccc2s1. The molecule has 6 nitrogen and oxygen atoms in total. The largest absolute Gasteiger partial charge is 0.437 e. The Balaban J connectivity index is 1.55. The van der Waals surface area contributed by atoms with Gasteiger partial charge in [0.15, 0.2) is 10.9 Å². The number of carbonyl (C=O) groups excluding carboxylic acids is 1. The van der Waals surface area contributed by atoms with Crippen LogP contribution in [0.5, 0.6) is 5.75 Å². The van der Waals surface area contributed by atoms with Gasteiger partial charge in [0.25, 0.3) is 5.91 Å². The molecule has 1 aromatic heterocycles. The predicted molar refractivity (Wildman–Crippen MR) is 119 cm³/mol. The van der Waals surface area contributed by atoms with Gasteiger partial charge in [-0.1, -0.05) is 35.6 Å². The highest BCUT2D eigenvalue weighted by atomic mass is 32.2. The van der Waals surface area contributed by atoms with Crippen molar-refractivity contribution >= 4 is 55.2 Å². The normalized spacial score (nSPS) is 20.1. The van der Waals surface area contributed by atoms with Crippen molar-refractivity contribution in [3.8, 4) is 5.75 Å². The Morgan fingerprint density at radius 1 is 1.03 bits per heavy atom. The zero-order chi connectivity index (χ0) is 20.0. The van der Waals surface area contributed by atoms with Gasteiger partial charge < -0.3 is 9.64 Å². The Kier molecular flexibility index (Phi) is 4.52. The fraction of sp³-hybridized carbons (Fsp3) is 0.190. The second-order valence-electron chi connectivity index (χ2n) is 6.46. The van der Waals surface area contributed by atoms with Crippen LogP contribution in [0.2, 0.25) is 0 Å². The maximum Gasteiger partial charge on any atom is 0.272 e. The number of aromatic nitrogens is 1. The van der Waals surface area contributed by atoms with Gasteiger partial charge in [0.05, 0.1) is 15.9 Å². The lowest BCUT2D eigenvalue weighted by Gasteiger charge is -2.16. The van der Waals surface area contributed by atoms with Gasteiger partial charge in [-0.05, 0) is 49.9 Å². The summed E-state index contributed by atoms with van der Waals surface area (Å²) in [7, 11) is 0. The molecule has 0 aliphatic carbocycles. The maximum atomic E-state index is 13.2. The van der Waals surface area contributed by atoms with E-state index in [0.717, 1.165) is 21.7 Å². The van der Waals surface area contributed by atoms with Crippen molar-refractivity contribution in [2.45, 2.75) is 13.8 Å². The highest BCUT2D eigenvalue weighted by Crippen LogP contribution is 2.44. The first-order valence-electron chi connectivity index (χ1n) is 9.42. The highest BCUT2D eigenvalue weighted by Gasteiger charge is 2.40. The number of fused-ring (bicyclic) bond motifs is 2. The van der Waals surface area contributed by atoms with Crippen LogP contribution >= 0.6 is 23.1 Å². The molecule has 0 bridgehead atoms. The molecule has 1 fully saturated rings. The van der Waals surface area contributed by atoms with Crippen molar-refractivity contribution in [2.24, 2.45) is 4.99 Å². The lowest BCUT2D eigenvalue weighted by atomic mass is 10.3. The van der Waals surface area contributed by atoms with Crippen molar-refractivity contribution in [3.63, 3.8) is 0 Å². The number of thiazole rings is 1. The van der Waals surface area contributed by atoms with Gasteiger partial charge in [-0.2, -0.15) is 4.99 Å². The van der Waals surface area contributed by atoms with Crippen LogP contribution < -0.4 is 9.64 Å². The summed E-state index contributed by atoms with van der Waals surface area (Å²) in [5.74, 6) is 1.26. The average molecular weight is 423 g/mol. The van der Waals surface area contributed by atoms with E-state index < -0.39 is 0 Å². The van der Waals surface area contributed by atoms with E-state index in [9.17, 15) is 4.79 Å². The summed E-state index contributed by atoms with van der Waals surface area (Å²) in [6, 6.07) is 15.8. The Labute approximate surface area is 176 Å². The van der Waals surface area contributed by atoms with E-state index in [0.29, 0.717) is 34.2 Å². The van der Waals surface area contributed by atoms with Gasteiger partial charge in [0, 0.05) is 13.1 Å². The monoisotopic (exact) mass is 422 g/mol. The lowest BCUT2D eigenvalue weighted by Crippen LogP contribution is -2.30. The Bertz CT molecular complexity index is 1150. The average Bonchev–Trinajstić information content (AvgIpc) is 3.40. The summed E-state index contributed by atoms with van der Waals surface area (Å²) < 4.78 is 7.15. The smallest absolute Gasteiger partial charge is 0.272 e. The summed E-state index contributed by atoms with van der Waals surface area (Å²) in [5.41, 5.74) is 1.89. The van der Waals surface area contributed by atoms with Gasteiger partial charge in [-0.3, -0.25) is 9.69 Å². The van der Waals surface area contributed by atoms with E-state index in [1.165, 1.54) is 23.1 Å². The molecule has 0 saturated carbocycles. The van der Waals surface area contributed by atoms with Crippen LogP contribution in [-0.4, -0.2) is 34.0 Å². The zero-order valence-corrected chi connectivity index (χ0v) is 17.6. The third kappa shape index (κ3) is 2.99. The molecular formula is C21H18N4O2S2. The van der Waals surface area contributed by atoms with E-state index in [1.54, 1.807) is 4.90 Å². The van der Waals surface area contributed by atoms with Crippen molar-refractivity contribution in [3.05, 3.63) is 59.3 Å². The molecule has 1 saturated heterocycles. The Morgan fingerprint density at radius 2 is 1.79 bits per heavy atom. The van der Waals surface area contributed by atoms with Gasteiger partial charge in [-0.15, -0.1) is 0 Å². The second-order valence-corrected chi connectivity index (χ2v) is 8.44. The Morgan fingerprint density at radius 3 is 2.59 bits per heavy atom. The van der Waals surface area contributed by atoms with E-state index in [4.69, 9.17) is 9.73 Å². The molecule has 3 aromatic rings. The van der Waals surface area contributed by atoms with Crippen molar-refractivity contribution < 1.29 is 9.53 Å². The van der Waals surface area contributed by atoms with Crippen LogP contribution in [0.15, 0.2) is 64.3 Å². The predicted octanol–water partition coefficient (Wildman–Crippen LogP) is 4.97. The van der Waals surface area contributed by atoms with Gasteiger partial charge in [-0.25, -0.2) is 4.98 Å². The summed E-state index contributed by atoms with van der Waals surface area (Å²) >= 11 is 2.87. The molecule has 8 heteroatoms. The molecule has 29 heavy (non-hydrogen) atoms. The minimum atomic E-state index is -0.0846. The van der Waals surface area contributed by atoms with Gasteiger partial charge in [0.2, 0.25) is 11.0 Å². The number of rotatable bonds is 3. The molecule has 2 aliphatic rings. The van der Waals surface area contributed by atoms with Crippen LogP contribution in [-0.2, 0) is 4.79 Å². The van der Waals surface area contributed by atoms with E-state index in [-0.39, 0.29) is 5.91 Å². The minimum absolute atomic E-state index is 0.0846. The summed E-state index contributed by atoms with van der Waals surface area (Å²) in [6.45, 7) is 5.23. The zero-order valence-electron chi connectivity index (χ0n) is 16.0. The van der Waals surface area contributed by atoms with Gasteiger partial charge in [0.1, 0.15) is 4.91 Å². The molecule has 146 valence electrons. The molecule has 0 radical (unpaired) electrons. The maximum absolute atomic E-state index is 13.2. The Hall–Kier alpha value is -2.84. The third-order valence-corrected chi connectivity index (χ3v) is 6.75. The first kappa shape index (κ1) is 18.2. The molecule has 0 N–H and O–H groups in total. The van der Waals surface area contributed by atoms with Crippen molar-refractivity contribution in [2.75, 3.05) is 18.0 Å². The molecule has 3 heterocycles. The number of thioether (sulfide) groups is 1. The van der Waals surface area contributed by atoms with Gasteiger partial charge >= 0.3 is 0 Å². The first-order valence-corrected chi connectivity index (χ1v) is 11.1. The number of likely N-dealkylation sites (N-methyl/N-ethyl adjacent to an activating group) is 1. The molecule has 0 atom stereocenters. The van der Waals surface area contributed by atoms with Crippen LogP contribution in [0.4, 0.5) is 10.8 Å². The molecule has 2 aliphatic heterocycles.